The van der Waals surface area contributed by atoms with Gasteiger partial charge in [0.1, 0.15) is 6.33 Å². The van der Waals surface area contributed by atoms with E-state index in [2.05, 4.69) is 20.8 Å². The summed E-state index contributed by atoms with van der Waals surface area (Å²) in [6.07, 6.45) is 2.94. The third-order valence-electron chi connectivity index (χ3n) is 3.80. The van der Waals surface area contributed by atoms with Gasteiger partial charge < -0.3 is 5.32 Å². The van der Waals surface area contributed by atoms with Crippen molar-refractivity contribution in [3.63, 3.8) is 0 Å². The van der Waals surface area contributed by atoms with Gasteiger partial charge in [0, 0.05) is 18.1 Å². The van der Waals surface area contributed by atoms with Crippen molar-refractivity contribution >= 4 is 27.7 Å². The van der Waals surface area contributed by atoms with E-state index in [1.807, 2.05) is 18.2 Å². The van der Waals surface area contributed by atoms with Crippen LogP contribution in [-0.4, -0.2) is 52.4 Å². The zero-order valence-electron chi connectivity index (χ0n) is 15.0. The first-order chi connectivity index (χ1) is 13.4. The lowest BCUT2D eigenvalue weighted by atomic mass is 10.2. The highest BCUT2D eigenvalue weighted by Crippen LogP contribution is 2.12. The summed E-state index contributed by atoms with van der Waals surface area (Å²) in [4.78, 5) is 12.2. The smallest absolute Gasteiger partial charge is 0.239 e. The molecule has 1 N–H and O–H groups in total. The molecule has 0 saturated carbocycles. The molecule has 1 heterocycles. The predicted molar refractivity (Wildman–Crippen MR) is 105 cm³/mol. The summed E-state index contributed by atoms with van der Waals surface area (Å²) in [7, 11) is -2.36. The van der Waals surface area contributed by atoms with E-state index in [1.54, 1.807) is 36.4 Å². The SMILES string of the molecule is CN(CC(=O)Nc1ccc(-n2cnnn2)cc1)S(=O)(=O)C=Cc1ccccc1. The Labute approximate surface area is 162 Å². The molecule has 144 valence electrons. The van der Waals surface area contributed by atoms with Crippen molar-refractivity contribution in [1.82, 2.24) is 24.5 Å². The number of amides is 1. The molecule has 0 saturated heterocycles. The summed E-state index contributed by atoms with van der Waals surface area (Å²) in [5, 5.41) is 14.6. The van der Waals surface area contributed by atoms with Gasteiger partial charge in [0.05, 0.1) is 12.2 Å². The fourth-order valence-corrected chi connectivity index (χ4v) is 3.14. The minimum absolute atomic E-state index is 0.309. The molecule has 0 fully saturated rings. The Kier molecular flexibility index (Phi) is 5.92. The number of nitrogens with zero attached hydrogens (tertiary/aromatic N) is 5. The average Bonchev–Trinajstić information content (AvgIpc) is 3.22. The van der Waals surface area contributed by atoms with E-state index in [1.165, 1.54) is 24.1 Å². The van der Waals surface area contributed by atoms with Gasteiger partial charge in [-0.1, -0.05) is 30.3 Å². The highest BCUT2D eigenvalue weighted by atomic mass is 32.2. The van der Waals surface area contributed by atoms with Crippen molar-refractivity contribution in [3.8, 4) is 5.69 Å². The molecular weight excluding hydrogens is 380 g/mol. The molecule has 9 nitrogen and oxygen atoms in total. The molecule has 2 aromatic carbocycles. The number of carbonyl (C=O) groups is 1. The first-order valence-electron chi connectivity index (χ1n) is 8.27. The summed E-state index contributed by atoms with van der Waals surface area (Å²) in [5.74, 6) is -0.450. The number of sulfonamides is 1. The van der Waals surface area contributed by atoms with Crippen LogP contribution in [0.3, 0.4) is 0 Å². The third-order valence-corrected chi connectivity index (χ3v) is 5.28. The van der Waals surface area contributed by atoms with Gasteiger partial charge in [0.2, 0.25) is 15.9 Å². The van der Waals surface area contributed by atoms with Crippen LogP contribution in [0.5, 0.6) is 0 Å². The highest BCUT2D eigenvalue weighted by molar-refractivity contribution is 7.92. The molecule has 3 rings (SSSR count). The second kappa shape index (κ2) is 8.55. The number of anilines is 1. The largest absolute Gasteiger partial charge is 0.325 e. The average molecular weight is 398 g/mol. The maximum absolute atomic E-state index is 12.3. The van der Waals surface area contributed by atoms with E-state index in [0.29, 0.717) is 5.69 Å². The zero-order chi connectivity index (χ0) is 20.0. The molecule has 1 aromatic heterocycles. The number of hydrogen-bond acceptors (Lipinski definition) is 6. The lowest BCUT2D eigenvalue weighted by Crippen LogP contribution is -2.33. The molecular formula is C18H18N6O3S. The van der Waals surface area contributed by atoms with Crippen molar-refractivity contribution in [2.75, 3.05) is 18.9 Å². The minimum atomic E-state index is -3.72. The second-order valence-electron chi connectivity index (χ2n) is 5.86. The van der Waals surface area contributed by atoms with Crippen LogP contribution in [0.2, 0.25) is 0 Å². The molecule has 0 unspecified atom stereocenters. The van der Waals surface area contributed by atoms with Crippen molar-refractivity contribution < 1.29 is 13.2 Å². The lowest BCUT2D eigenvalue weighted by Gasteiger charge is -2.14. The number of benzene rings is 2. The van der Waals surface area contributed by atoms with E-state index < -0.39 is 15.9 Å². The summed E-state index contributed by atoms with van der Waals surface area (Å²) in [5.41, 5.74) is 2.02. The Morgan fingerprint density at radius 3 is 2.50 bits per heavy atom. The summed E-state index contributed by atoms with van der Waals surface area (Å²) >= 11 is 0. The molecule has 0 spiro atoms. The van der Waals surface area contributed by atoms with Gasteiger partial charge in [-0.05, 0) is 46.3 Å². The fraction of sp³-hybridized carbons (Fsp3) is 0.111. The monoisotopic (exact) mass is 398 g/mol. The van der Waals surface area contributed by atoms with E-state index in [0.717, 1.165) is 21.0 Å². The molecule has 0 aliphatic heterocycles. The zero-order valence-corrected chi connectivity index (χ0v) is 15.8. The van der Waals surface area contributed by atoms with Crippen LogP contribution >= 0.6 is 0 Å². The molecule has 3 aromatic rings. The highest BCUT2D eigenvalue weighted by Gasteiger charge is 2.17. The number of carbonyl (C=O) groups excluding carboxylic acids is 1. The van der Waals surface area contributed by atoms with Crippen molar-refractivity contribution in [1.29, 1.82) is 0 Å². The van der Waals surface area contributed by atoms with Gasteiger partial charge in [-0.3, -0.25) is 4.79 Å². The molecule has 10 heteroatoms. The van der Waals surface area contributed by atoms with Gasteiger partial charge in [-0.25, -0.2) is 13.1 Å². The normalized spacial score (nSPS) is 11.8. The van der Waals surface area contributed by atoms with Crippen molar-refractivity contribution in [3.05, 3.63) is 71.9 Å². The number of rotatable bonds is 7. The van der Waals surface area contributed by atoms with E-state index in [4.69, 9.17) is 0 Å². The minimum Gasteiger partial charge on any atom is -0.325 e. The van der Waals surface area contributed by atoms with E-state index in [9.17, 15) is 13.2 Å². The van der Waals surface area contributed by atoms with Crippen LogP contribution in [-0.2, 0) is 14.8 Å². The number of nitrogens with one attached hydrogen (secondary N) is 1. The molecule has 0 bridgehead atoms. The third kappa shape index (κ3) is 5.09. The Balaban J connectivity index is 1.58. The molecule has 0 aliphatic rings. The van der Waals surface area contributed by atoms with Gasteiger partial charge in [0.25, 0.3) is 0 Å². The van der Waals surface area contributed by atoms with Crippen LogP contribution in [0.4, 0.5) is 5.69 Å². The van der Waals surface area contributed by atoms with Gasteiger partial charge in [-0.15, -0.1) is 5.10 Å². The predicted octanol–water partition coefficient (Wildman–Crippen LogP) is 1.53. The Morgan fingerprint density at radius 1 is 1.14 bits per heavy atom. The second-order valence-corrected chi connectivity index (χ2v) is 7.79. The van der Waals surface area contributed by atoms with Crippen molar-refractivity contribution in [2.24, 2.45) is 0 Å². The standard InChI is InChI=1S/C18H18N6O3S/c1-23(28(26,27)12-11-15-5-3-2-4-6-15)13-18(25)20-16-7-9-17(10-8-16)24-14-19-21-22-24/h2-12,14H,13H2,1H3,(H,20,25). The molecule has 0 atom stereocenters. The first-order valence-corrected chi connectivity index (χ1v) is 9.77. The van der Waals surface area contributed by atoms with Crippen LogP contribution in [0.15, 0.2) is 66.3 Å². The molecule has 1 amide bonds. The first kappa shape index (κ1) is 19.4. The molecule has 0 aliphatic carbocycles. The Bertz CT molecular complexity index is 1050. The van der Waals surface area contributed by atoms with E-state index >= 15 is 0 Å². The summed E-state index contributed by atoms with van der Waals surface area (Å²) in [6.45, 7) is -0.309. The maximum atomic E-state index is 12.3. The number of likely N-dealkylation sites (N-methyl/N-ethyl adjacent to an activating group) is 1. The van der Waals surface area contributed by atoms with Crippen LogP contribution in [0.25, 0.3) is 11.8 Å². The summed E-state index contributed by atoms with van der Waals surface area (Å²) < 4.78 is 27.1. The van der Waals surface area contributed by atoms with Gasteiger partial charge in [-0.2, -0.15) is 4.31 Å². The molecule has 28 heavy (non-hydrogen) atoms. The maximum Gasteiger partial charge on any atom is 0.239 e. The summed E-state index contributed by atoms with van der Waals surface area (Å²) in [6, 6.07) is 15.9. The Hall–Kier alpha value is -3.37. The van der Waals surface area contributed by atoms with Crippen LogP contribution in [0.1, 0.15) is 5.56 Å². The van der Waals surface area contributed by atoms with Crippen LogP contribution < -0.4 is 5.32 Å². The number of tetrazole rings is 1. The quantitative estimate of drug-likeness (QED) is 0.646. The number of aromatic nitrogens is 4. The van der Waals surface area contributed by atoms with Gasteiger partial charge in [0.15, 0.2) is 0 Å². The Morgan fingerprint density at radius 2 is 1.86 bits per heavy atom. The van der Waals surface area contributed by atoms with Crippen molar-refractivity contribution in [2.45, 2.75) is 0 Å². The van der Waals surface area contributed by atoms with Crippen LogP contribution in [0, 0.1) is 0 Å². The lowest BCUT2D eigenvalue weighted by molar-refractivity contribution is -0.116. The fourth-order valence-electron chi connectivity index (χ4n) is 2.30. The van der Waals surface area contributed by atoms with E-state index in [-0.39, 0.29) is 6.54 Å². The van der Waals surface area contributed by atoms with Gasteiger partial charge >= 0.3 is 0 Å². The topological polar surface area (TPSA) is 110 Å². The number of hydrogen-bond donors (Lipinski definition) is 1. The molecule has 0 radical (unpaired) electrons.